The quantitative estimate of drug-likeness (QED) is 0.685. The molecule has 0 aliphatic heterocycles. The molecule has 0 unspecified atom stereocenters. The van der Waals surface area contributed by atoms with Gasteiger partial charge >= 0.3 is 5.97 Å². The number of ether oxygens (including phenoxy) is 1. The number of halogens is 1. The highest BCUT2D eigenvalue weighted by Crippen LogP contribution is 2.21. The van der Waals surface area contributed by atoms with Crippen LogP contribution in [0.25, 0.3) is 11.3 Å². The topological polar surface area (TPSA) is 83.0 Å². The zero-order chi connectivity index (χ0) is 15.5. The fourth-order valence-corrected chi connectivity index (χ4v) is 1.85. The third kappa shape index (κ3) is 2.85. The second-order valence-corrected chi connectivity index (χ2v) is 4.39. The molecule has 1 aromatic carbocycles. The standard InChI is InChI=1S/C14H11FN4O3/c1-21-14(20)13-17-8-19(18-13)7-12-16-6-11(22-12)9-3-2-4-10(15)5-9/h2-6,8H,7H2,1H3. The van der Waals surface area contributed by atoms with E-state index in [0.29, 0.717) is 17.2 Å². The smallest absolute Gasteiger partial charge is 0.377 e. The Morgan fingerprint density at radius 3 is 3.05 bits per heavy atom. The normalized spacial score (nSPS) is 10.6. The van der Waals surface area contributed by atoms with E-state index >= 15 is 0 Å². The molecule has 0 bridgehead atoms. The van der Waals surface area contributed by atoms with Crippen molar-refractivity contribution in [1.29, 1.82) is 0 Å². The third-order valence-electron chi connectivity index (χ3n) is 2.86. The summed E-state index contributed by atoms with van der Waals surface area (Å²) >= 11 is 0. The first-order valence-electron chi connectivity index (χ1n) is 6.34. The molecule has 0 atom stereocenters. The van der Waals surface area contributed by atoms with Gasteiger partial charge in [-0.2, -0.15) is 0 Å². The van der Waals surface area contributed by atoms with Crippen molar-refractivity contribution >= 4 is 5.97 Å². The Bertz CT molecular complexity index is 812. The molecule has 0 fully saturated rings. The zero-order valence-corrected chi connectivity index (χ0v) is 11.6. The summed E-state index contributed by atoms with van der Waals surface area (Å²) in [5, 5.41) is 3.94. The van der Waals surface area contributed by atoms with Crippen molar-refractivity contribution in [3.63, 3.8) is 0 Å². The van der Waals surface area contributed by atoms with Crippen LogP contribution in [0, 0.1) is 5.82 Å². The number of esters is 1. The first-order chi connectivity index (χ1) is 10.7. The van der Waals surface area contributed by atoms with E-state index in [1.807, 2.05) is 0 Å². The number of rotatable bonds is 4. The molecule has 0 N–H and O–H groups in total. The maximum Gasteiger partial charge on any atom is 0.377 e. The Morgan fingerprint density at radius 1 is 1.41 bits per heavy atom. The first kappa shape index (κ1) is 13.9. The molecule has 3 aromatic rings. The van der Waals surface area contributed by atoms with E-state index in [2.05, 4.69) is 19.8 Å². The summed E-state index contributed by atoms with van der Waals surface area (Å²) in [4.78, 5) is 19.2. The Kier molecular flexibility index (Phi) is 3.65. The van der Waals surface area contributed by atoms with Crippen molar-refractivity contribution in [1.82, 2.24) is 19.7 Å². The van der Waals surface area contributed by atoms with Gasteiger partial charge in [0.25, 0.3) is 5.82 Å². The number of oxazole rings is 1. The van der Waals surface area contributed by atoms with Crippen molar-refractivity contribution in [2.45, 2.75) is 6.54 Å². The molecule has 0 radical (unpaired) electrons. The van der Waals surface area contributed by atoms with Gasteiger partial charge < -0.3 is 9.15 Å². The van der Waals surface area contributed by atoms with Gasteiger partial charge in [0.2, 0.25) is 5.89 Å². The Balaban J connectivity index is 1.77. The molecule has 22 heavy (non-hydrogen) atoms. The molecule has 2 heterocycles. The first-order valence-corrected chi connectivity index (χ1v) is 6.34. The van der Waals surface area contributed by atoms with Crippen LogP contribution in [-0.2, 0) is 11.3 Å². The van der Waals surface area contributed by atoms with E-state index in [9.17, 15) is 9.18 Å². The van der Waals surface area contributed by atoms with E-state index < -0.39 is 5.97 Å². The van der Waals surface area contributed by atoms with Gasteiger partial charge in [0.05, 0.1) is 13.3 Å². The lowest BCUT2D eigenvalue weighted by Gasteiger charge is -1.97. The summed E-state index contributed by atoms with van der Waals surface area (Å²) in [6, 6.07) is 6.02. The van der Waals surface area contributed by atoms with Gasteiger partial charge in [-0.15, -0.1) is 5.10 Å². The Morgan fingerprint density at radius 2 is 2.27 bits per heavy atom. The SMILES string of the molecule is COC(=O)c1ncn(Cc2ncc(-c3cccc(F)c3)o2)n1. The lowest BCUT2D eigenvalue weighted by atomic mass is 10.2. The van der Waals surface area contributed by atoms with Crippen molar-refractivity contribution in [3.8, 4) is 11.3 Å². The predicted molar refractivity (Wildman–Crippen MR) is 72.4 cm³/mol. The minimum atomic E-state index is -0.619. The lowest BCUT2D eigenvalue weighted by Crippen LogP contribution is -2.06. The van der Waals surface area contributed by atoms with E-state index in [1.54, 1.807) is 12.1 Å². The third-order valence-corrected chi connectivity index (χ3v) is 2.86. The summed E-state index contributed by atoms with van der Waals surface area (Å²) < 4.78 is 24.6. The average molecular weight is 302 g/mol. The van der Waals surface area contributed by atoms with Crippen LogP contribution in [0.5, 0.6) is 0 Å². The van der Waals surface area contributed by atoms with Gasteiger partial charge in [0.1, 0.15) is 18.7 Å². The van der Waals surface area contributed by atoms with E-state index in [0.717, 1.165) is 0 Å². The molecule has 0 aliphatic rings. The van der Waals surface area contributed by atoms with E-state index in [4.69, 9.17) is 4.42 Å². The minimum absolute atomic E-state index is 0.0422. The van der Waals surface area contributed by atoms with Crippen LogP contribution in [0.2, 0.25) is 0 Å². The Hall–Kier alpha value is -3.03. The fraction of sp³-hybridized carbons (Fsp3) is 0.143. The van der Waals surface area contributed by atoms with Crippen molar-refractivity contribution in [3.05, 3.63) is 54.3 Å². The van der Waals surface area contributed by atoms with Gasteiger partial charge in [0, 0.05) is 5.56 Å². The van der Waals surface area contributed by atoms with Crippen LogP contribution in [0.3, 0.4) is 0 Å². The number of hydrogen-bond acceptors (Lipinski definition) is 6. The summed E-state index contributed by atoms with van der Waals surface area (Å²) in [6.07, 6.45) is 2.88. The molecule has 0 amide bonds. The second-order valence-electron chi connectivity index (χ2n) is 4.39. The summed E-state index contributed by atoms with van der Waals surface area (Å²) in [6.45, 7) is 0.194. The largest absolute Gasteiger partial charge is 0.463 e. The Labute approximate surface area is 124 Å². The fourth-order valence-electron chi connectivity index (χ4n) is 1.85. The average Bonchev–Trinajstić information content (AvgIpc) is 3.16. The maximum absolute atomic E-state index is 13.2. The second kappa shape index (κ2) is 5.76. The highest BCUT2D eigenvalue weighted by molar-refractivity contribution is 5.84. The number of methoxy groups -OCH3 is 1. The molecule has 0 saturated heterocycles. The molecular formula is C14H11FN4O3. The van der Waals surface area contributed by atoms with Gasteiger partial charge in [-0.05, 0) is 12.1 Å². The van der Waals surface area contributed by atoms with Gasteiger partial charge in [-0.25, -0.2) is 23.8 Å². The molecular weight excluding hydrogens is 291 g/mol. The number of nitrogens with zero attached hydrogens (tertiary/aromatic N) is 4. The molecule has 3 rings (SSSR count). The van der Waals surface area contributed by atoms with E-state index in [-0.39, 0.29) is 18.2 Å². The maximum atomic E-state index is 13.2. The minimum Gasteiger partial charge on any atom is -0.463 e. The number of aromatic nitrogens is 4. The number of carbonyl (C=O) groups is 1. The molecule has 2 aromatic heterocycles. The number of carbonyl (C=O) groups excluding carboxylic acids is 1. The lowest BCUT2D eigenvalue weighted by molar-refractivity contribution is 0.0586. The van der Waals surface area contributed by atoms with E-state index in [1.165, 1.54) is 36.4 Å². The van der Waals surface area contributed by atoms with Crippen LogP contribution in [-0.4, -0.2) is 32.8 Å². The van der Waals surface area contributed by atoms with Crippen LogP contribution < -0.4 is 0 Å². The zero-order valence-electron chi connectivity index (χ0n) is 11.6. The van der Waals surface area contributed by atoms with Crippen molar-refractivity contribution in [2.75, 3.05) is 7.11 Å². The highest BCUT2D eigenvalue weighted by Gasteiger charge is 2.13. The molecule has 0 aliphatic carbocycles. The molecule has 112 valence electrons. The van der Waals surface area contributed by atoms with Crippen LogP contribution in [0.15, 0.2) is 41.2 Å². The monoisotopic (exact) mass is 302 g/mol. The molecule has 7 nitrogen and oxygen atoms in total. The van der Waals surface area contributed by atoms with Crippen LogP contribution in [0.1, 0.15) is 16.5 Å². The van der Waals surface area contributed by atoms with Gasteiger partial charge in [-0.1, -0.05) is 12.1 Å². The molecule has 8 heteroatoms. The number of hydrogen-bond donors (Lipinski definition) is 0. The predicted octanol–water partition coefficient (Wildman–Crippen LogP) is 1.91. The molecule has 0 spiro atoms. The highest BCUT2D eigenvalue weighted by atomic mass is 19.1. The molecule has 0 saturated carbocycles. The van der Waals surface area contributed by atoms with Crippen LogP contribution in [0.4, 0.5) is 4.39 Å². The summed E-state index contributed by atoms with van der Waals surface area (Å²) in [5.74, 6) is -0.205. The van der Waals surface area contributed by atoms with Gasteiger partial charge in [0.15, 0.2) is 5.76 Å². The van der Waals surface area contributed by atoms with Crippen molar-refractivity contribution in [2.24, 2.45) is 0 Å². The number of benzene rings is 1. The van der Waals surface area contributed by atoms with Crippen molar-refractivity contribution < 1.29 is 18.3 Å². The van der Waals surface area contributed by atoms with Crippen LogP contribution >= 0.6 is 0 Å². The summed E-state index contributed by atoms with van der Waals surface area (Å²) in [5.41, 5.74) is 0.590. The van der Waals surface area contributed by atoms with Gasteiger partial charge in [-0.3, -0.25) is 0 Å². The summed E-state index contributed by atoms with van der Waals surface area (Å²) in [7, 11) is 1.25.